The Balaban J connectivity index is 1.61. The lowest BCUT2D eigenvalue weighted by Gasteiger charge is -2.13. The topological polar surface area (TPSA) is 123 Å². The molecule has 0 saturated carbocycles. The quantitative estimate of drug-likeness (QED) is 0.301. The van der Waals surface area contributed by atoms with Crippen molar-refractivity contribution < 1.29 is 17.6 Å². The molecule has 204 valence electrons. The van der Waals surface area contributed by atoms with E-state index in [1.54, 1.807) is 37.4 Å². The van der Waals surface area contributed by atoms with Crippen LogP contribution in [0.15, 0.2) is 64.7 Å². The maximum atomic E-state index is 13.4. The summed E-state index contributed by atoms with van der Waals surface area (Å²) in [4.78, 5) is 33.5. The number of rotatable bonds is 9. The van der Waals surface area contributed by atoms with E-state index in [1.165, 1.54) is 10.9 Å². The van der Waals surface area contributed by atoms with Crippen molar-refractivity contribution in [1.29, 1.82) is 0 Å². The number of benzene rings is 2. The number of nitrogens with zero attached hydrogens (tertiary/aromatic N) is 3. The van der Waals surface area contributed by atoms with Crippen LogP contribution < -0.4 is 15.6 Å². The van der Waals surface area contributed by atoms with Gasteiger partial charge in [-0.25, -0.2) is 17.8 Å². The highest BCUT2D eigenvalue weighted by Gasteiger charge is 2.20. The molecule has 2 aromatic heterocycles. The largest absolute Gasteiger partial charge is 0.354 e. The molecule has 9 nitrogen and oxygen atoms in total. The lowest BCUT2D eigenvalue weighted by Crippen LogP contribution is -2.30. The van der Waals surface area contributed by atoms with Gasteiger partial charge in [0.1, 0.15) is 10.7 Å². The molecule has 2 aromatic carbocycles. The van der Waals surface area contributed by atoms with Gasteiger partial charge in [-0.05, 0) is 69.2 Å². The highest BCUT2D eigenvalue weighted by molar-refractivity contribution is 7.92. The lowest BCUT2D eigenvalue weighted by atomic mass is 10.0. The number of hydrogen-bond acceptors (Lipinski definition) is 6. The fourth-order valence-electron chi connectivity index (χ4n) is 3.99. The third-order valence-electron chi connectivity index (χ3n) is 5.92. The van der Waals surface area contributed by atoms with Crippen molar-refractivity contribution in [3.63, 3.8) is 0 Å². The fraction of sp³-hybridized carbons (Fsp3) is 0.259. The van der Waals surface area contributed by atoms with Gasteiger partial charge in [-0.2, -0.15) is 0 Å². The summed E-state index contributed by atoms with van der Waals surface area (Å²) in [5, 5.41) is 2.95. The summed E-state index contributed by atoms with van der Waals surface area (Å²) in [6.07, 6.45) is 3.81. The Kier molecular flexibility index (Phi) is 8.31. The summed E-state index contributed by atoms with van der Waals surface area (Å²) in [6, 6.07) is 9.81. The molecule has 39 heavy (non-hydrogen) atoms. The van der Waals surface area contributed by atoms with E-state index in [0.717, 1.165) is 18.2 Å². The van der Waals surface area contributed by atoms with Gasteiger partial charge in [-0.3, -0.25) is 23.9 Å². The van der Waals surface area contributed by atoms with Crippen molar-refractivity contribution in [3.8, 4) is 11.1 Å². The molecule has 0 radical (unpaired) electrons. The Morgan fingerprint density at radius 3 is 2.59 bits per heavy atom. The maximum absolute atomic E-state index is 13.4. The van der Waals surface area contributed by atoms with Crippen molar-refractivity contribution in [2.45, 2.75) is 51.1 Å². The fourth-order valence-corrected chi connectivity index (χ4v) is 5.63. The molecule has 0 bridgehead atoms. The third-order valence-corrected chi connectivity index (χ3v) is 7.77. The molecule has 4 rings (SSSR count). The van der Waals surface area contributed by atoms with Crippen LogP contribution in [0.1, 0.15) is 32.4 Å². The molecule has 0 saturated heterocycles. The zero-order chi connectivity index (χ0) is 28.3. The minimum Gasteiger partial charge on any atom is -0.354 e. The van der Waals surface area contributed by atoms with Gasteiger partial charge in [0, 0.05) is 30.8 Å². The van der Waals surface area contributed by atoms with Gasteiger partial charge in [0.05, 0.1) is 33.6 Å². The molecule has 0 spiro atoms. The molecule has 0 aliphatic rings. The van der Waals surface area contributed by atoms with Gasteiger partial charge in [-0.15, -0.1) is 0 Å². The summed E-state index contributed by atoms with van der Waals surface area (Å²) < 4.78 is 43.2. The first-order chi connectivity index (χ1) is 18.4. The van der Waals surface area contributed by atoms with Crippen LogP contribution in [0, 0.1) is 12.7 Å². The molecule has 2 heterocycles. The van der Waals surface area contributed by atoms with Crippen LogP contribution in [-0.2, 0) is 21.4 Å². The van der Waals surface area contributed by atoms with Gasteiger partial charge in [-0.1, -0.05) is 17.7 Å². The van der Waals surface area contributed by atoms with Crippen LogP contribution in [0.5, 0.6) is 0 Å². The number of nitrogens with one attached hydrogen (secondary N) is 2. The minimum absolute atomic E-state index is 0.0498. The number of pyridine rings is 1. The normalized spacial score (nSPS) is 11.6. The summed E-state index contributed by atoms with van der Waals surface area (Å²) >= 11 is 5.97. The average molecular weight is 572 g/mol. The predicted molar refractivity (Wildman–Crippen MR) is 149 cm³/mol. The Morgan fingerprint density at radius 1 is 1.10 bits per heavy atom. The molecule has 12 heteroatoms. The van der Waals surface area contributed by atoms with E-state index < -0.39 is 15.8 Å². The smallest absolute Gasteiger partial charge is 0.263 e. The lowest BCUT2D eigenvalue weighted by molar-refractivity contribution is -0.121. The minimum atomic E-state index is -4.13. The number of hydrogen-bond donors (Lipinski definition) is 2. The van der Waals surface area contributed by atoms with E-state index in [4.69, 9.17) is 11.6 Å². The Bertz CT molecular complexity index is 1720. The van der Waals surface area contributed by atoms with Gasteiger partial charge in [0.2, 0.25) is 5.91 Å². The van der Waals surface area contributed by atoms with Crippen LogP contribution in [0.4, 0.5) is 10.1 Å². The molecule has 4 aromatic rings. The predicted octanol–water partition coefficient (Wildman–Crippen LogP) is 4.67. The maximum Gasteiger partial charge on any atom is 0.263 e. The number of carbonyl (C=O) groups is 1. The first kappa shape index (κ1) is 28.2. The van der Waals surface area contributed by atoms with E-state index in [-0.39, 0.29) is 33.1 Å². The second-order valence-electron chi connectivity index (χ2n) is 9.34. The third kappa shape index (κ3) is 6.61. The van der Waals surface area contributed by atoms with Crippen molar-refractivity contribution in [1.82, 2.24) is 19.9 Å². The van der Waals surface area contributed by atoms with Crippen LogP contribution in [0.25, 0.3) is 22.0 Å². The van der Waals surface area contributed by atoms with E-state index in [0.29, 0.717) is 47.1 Å². The Labute approximate surface area is 230 Å². The van der Waals surface area contributed by atoms with E-state index >= 15 is 0 Å². The number of aromatic nitrogens is 3. The van der Waals surface area contributed by atoms with Gasteiger partial charge in [0.15, 0.2) is 0 Å². The number of fused-ring (bicyclic) bond motifs is 1. The molecular formula is C27H27ClFN5O4S. The monoisotopic (exact) mass is 571 g/mol. The first-order valence-electron chi connectivity index (χ1n) is 12.2. The van der Waals surface area contributed by atoms with Crippen LogP contribution >= 0.6 is 11.6 Å². The molecule has 1 amide bonds. The van der Waals surface area contributed by atoms with Crippen LogP contribution in [0.3, 0.4) is 0 Å². The number of halogens is 2. The van der Waals surface area contributed by atoms with Gasteiger partial charge in [0.25, 0.3) is 15.6 Å². The molecule has 0 unspecified atom stereocenters. The van der Waals surface area contributed by atoms with E-state index in [9.17, 15) is 22.4 Å². The zero-order valence-electron chi connectivity index (χ0n) is 21.5. The summed E-state index contributed by atoms with van der Waals surface area (Å²) in [6.45, 7) is 5.74. The second kappa shape index (κ2) is 11.5. The van der Waals surface area contributed by atoms with Crippen molar-refractivity contribution in [2.75, 3.05) is 4.72 Å². The number of sulfonamides is 1. The second-order valence-corrected chi connectivity index (χ2v) is 11.4. The van der Waals surface area contributed by atoms with E-state index in [1.807, 2.05) is 13.8 Å². The highest BCUT2D eigenvalue weighted by atomic mass is 35.5. The molecule has 2 N–H and O–H groups in total. The Hall–Kier alpha value is -3.83. The van der Waals surface area contributed by atoms with Gasteiger partial charge >= 0.3 is 0 Å². The van der Waals surface area contributed by atoms with Gasteiger partial charge < -0.3 is 5.32 Å². The summed E-state index contributed by atoms with van der Waals surface area (Å²) in [7, 11) is -4.13. The summed E-state index contributed by atoms with van der Waals surface area (Å²) in [5.41, 5.74) is 2.06. The van der Waals surface area contributed by atoms with Crippen LogP contribution in [0.2, 0.25) is 5.02 Å². The Morgan fingerprint density at radius 2 is 1.87 bits per heavy atom. The standard InChI is InChI=1S/C27H27ClFN5O4S/c1-16(2)32-26(35)5-4-10-34-15-31-23-8-6-18(11-21(23)27(34)36)19-12-24(17(3)30-14-19)33-39(37,38)25-9-7-20(29)13-22(25)28/h6-9,11-16,33H,4-5,10H2,1-3H3,(H,32,35). The first-order valence-corrected chi connectivity index (χ1v) is 14.0. The number of anilines is 1. The number of amides is 1. The number of carbonyl (C=O) groups excluding carboxylic acids is 1. The van der Waals surface area contributed by atoms with Crippen molar-refractivity contribution in [3.05, 3.63) is 81.9 Å². The zero-order valence-corrected chi connectivity index (χ0v) is 23.1. The van der Waals surface area contributed by atoms with E-state index in [2.05, 4.69) is 20.0 Å². The average Bonchev–Trinajstić information content (AvgIpc) is 2.86. The molecular weight excluding hydrogens is 545 g/mol. The van der Waals surface area contributed by atoms with Crippen molar-refractivity contribution >= 4 is 44.1 Å². The molecule has 0 aliphatic heterocycles. The summed E-state index contributed by atoms with van der Waals surface area (Å²) in [5.74, 6) is -0.727. The number of aryl methyl sites for hydroxylation is 2. The SMILES string of the molecule is Cc1ncc(-c2ccc3ncn(CCCC(=O)NC(C)C)c(=O)c3c2)cc1NS(=O)(=O)c1ccc(F)cc1Cl. The van der Waals surface area contributed by atoms with Crippen LogP contribution in [-0.4, -0.2) is 34.9 Å². The molecule has 0 aliphatic carbocycles. The van der Waals surface area contributed by atoms with Crippen molar-refractivity contribution in [2.24, 2.45) is 0 Å². The highest BCUT2D eigenvalue weighted by Crippen LogP contribution is 2.29. The molecule has 0 fully saturated rings. The molecule has 0 atom stereocenters.